The molecule has 2 rings (SSSR count). The van der Waals surface area contributed by atoms with Gasteiger partial charge in [-0.2, -0.15) is 0 Å². The molecule has 6 nitrogen and oxygen atoms in total. The summed E-state index contributed by atoms with van der Waals surface area (Å²) in [6, 6.07) is 0. The highest BCUT2D eigenvalue weighted by atomic mass is 19.1. The lowest BCUT2D eigenvalue weighted by Gasteiger charge is -2.16. The van der Waals surface area contributed by atoms with Gasteiger partial charge in [-0.15, -0.1) is 0 Å². The van der Waals surface area contributed by atoms with E-state index in [-0.39, 0.29) is 17.3 Å². The normalized spacial score (nSPS) is 19.5. The Bertz CT molecular complexity index is 449. The average molecular weight is 211 g/mol. The van der Waals surface area contributed by atoms with Gasteiger partial charge in [0.2, 0.25) is 12.1 Å². The second-order valence-corrected chi connectivity index (χ2v) is 2.83. The van der Waals surface area contributed by atoms with Crippen LogP contribution >= 0.6 is 0 Å². The molecule has 1 aromatic heterocycles. The monoisotopic (exact) mass is 211 g/mol. The summed E-state index contributed by atoms with van der Waals surface area (Å²) in [5.74, 6) is -1.73. The first-order valence-corrected chi connectivity index (χ1v) is 4.03. The smallest absolute Gasteiger partial charge is 0.278 e. The van der Waals surface area contributed by atoms with E-state index in [1.54, 1.807) is 0 Å². The number of imide groups is 1. The summed E-state index contributed by atoms with van der Waals surface area (Å²) >= 11 is 0. The minimum Gasteiger partial charge on any atom is -0.480 e. The van der Waals surface area contributed by atoms with Gasteiger partial charge in [0.25, 0.3) is 11.8 Å². The van der Waals surface area contributed by atoms with Crippen LogP contribution in [-0.2, 0) is 4.79 Å². The number of methoxy groups -OCH3 is 1. The summed E-state index contributed by atoms with van der Waals surface area (Å²) in [6.45, 7) is 0. The van der Waals surface area contributed by atoms with Crippen molar-refractivity contribution in [1.29, 1.82) is 0 Å². The average Bonchev–Trinajstić information content (AvgIpc) is 2.25. The Kier molecular flexibility index (Phi) is 2.07. The molecule has 1 N–H and O–H groups in total. The summed E-state index contributed by atoms with van der Waals surface area (Å²) in [5, 5.41) is 1.83. The van der Waals surface area contributed by atoms with Crippen LogP contribution in [0.25, 0.3) is 0 Å². The van der Waals surface area contributed by atoms with Gasteiger partial charge in [-0.05, 0) is 0 Å². The predicted octanol–water partition coefficient (Wildman–Crippen LogP) is -0.234. The molecule has 0 aromatic carbocycles. The fourth-order valence-electron chi connectivity index (χ4n) is 1.20. The number of amides is 2. The fraction of sp³-hybridized carbons (Fsp3) is 0.250. The van der Waals surface area contributed by atoms with E-state index >= 15 is 0 Å². The Hall–Kier alpha value is -2.05. The van der Waals surface area contributed by atoms with Gasteiger partial charge in [0.05, 0.1) is 13.3 Å². The van der Waals surface area contributed by atoms with Crippen molar-refractivity contribution in [3.63, 3.8) is 0 Å². The molecule has 1 aliphatic heterocycles. The molecular formula is C8H6FN3O3. The van der Waals surface area contributed by atoms with Crippen LogP contribution in [0.1, 0.15) is 22.4 Å². The van der Waals surface area contributed by atoms with E-state index in [0.29, 0.717) is 0 Å². The fourth-order valence-corrected chi connectivity index (χ4v) is 1.20. The molecule has 0 aliphatic carbocycles. The number of nitrogens with one attached hydrogen (secondary N) is 1. The van der Waals surface area contributed by atoms with Gasteiger partial charge in [-0.25, -0.2) is 14.4 Å². The van der Waals surface area contributed by atoms with E-state index in [0.717, 1.165) is 0 Å². The van der Waals surface area contributed by atoms with Gasteiger partial charge in [0, 0.05) is 0 Å². The number of hydrogen-bond donors (Lipinski definition) is 1. The Balaban J connectivity index is 2.56. The van der Waals surface area contributed by atoms with Crippen molar-refractivity contribution < 1.29 is 18.7 Å². The van der Waals surface area contributed by atoms with E-state index in [4.69, 9.17) is 4.74 Å². The first kappa shape index (κ1) is 9.50. The summed E-state index contributed by atoms with van der Waals surface area (Å²) in [7, 11) is 1.33. The summed E-state index contributed by atoms with van der Waals surface area (Å²) in [4.78, 5) is 29.5. The van der Waals surface area contributed by atoms with Crippen molar-refractivity contribution in [2.45, 2.75) is 6.17 Å². The van der Waals surface area contributed by atoms with Crippen molar-refractivity contribution >= 4 is 11.8 Å². The number of rotatable bonds is 1. The van der Waals surface area contributed by atoms with Crippen molar-refractivity contribution in [2.24, 2.45) is 0 Å². The lowest BCUT2D eigenvalue weighted by molar-refractivity contribution is -0.125. The first-order valence-electron chi connectivity index (χ1n) is 4.03. The summed E-state index contributed by atoms with van der Waals surface area (Å²) < 4.78 is 18.1. The molecule has 0 fully saturated rings. The molecule has 1 aromatic rings. The van der Waals surface area contributed by atoms with Gasteiger partial charge >= 0.3 is 0 Å². The third-order valence-corrected chi connectivity index (χ3v) is 1.91. The number of ether oxygens (including phenoxy) is 1. The van der Waals surface area contributed by atoms with Gasteiger partial charge in [-0.1, -0.05) is 0 Å². The molecule has 1 atom stereocenters. The van der Waals surface area contributed by atoms with Gasteiger partial charge in [0.1, 0.15) is 5.69 Å². The number of carbonyl (C=O) groups is 2. The van der Waals surface area contributed by atoms with Crippen molar-refractivity contribution in [2.75, 3.05) is 7.11 Å². The third-order valence-electron chi connectivity index (χ3n) is 1.91. The number of halogens is 1. The van der Waals surface area contributed by atoms with Crippen molar-refractivity contribution in [3.05, 3.63) is 17.6 Å². The SMILES string of the molecule is COc1cnc2c(n1)C(F)C(=O)NC2=O. The summed E-state index contributed by atoms with van der Waals surface area (Å²) in [6.07, 6.45) is -0.804. The third kappa shape index (κ3) is 1.41. The number of carbonyl (C=O) groups excluding carboxylic acids is 2. The van der Waals surface area contributed by atoms with Crippen LogP contribution in [-0.4, -0.2) is 28.9 Å². The quantitative estimate of drug-likeness (QED) is 0.648. The molecule has 0 spiro atoms. The Labute approximate surface area is 83.5 Å². The minimum absolute atomic E-state index is 0.0545. The van der Waals surface area contributed by atoms with Crippen LogP contribution in [0.15, 0.2) is 6.20 Å². The molecule has 0 saturated carbocycles. The molecule has 1 aliphatic rings. The molecule has 0 saturated heterocycles. The van der Waals surface area contributed by atoms with Crippen LogP contribution in [0.4, 0.5) is 4.39 Å². The minimum atomic E-state index is -1.99. The number of aromatic nitrogens is 2. The lowest BCUT2D eigenvalue weighted by atomic mass is 10.1. The second kappa shape index (κ2) is 3.26. The zero-order chi connectivity index (χ0) is 11.0. The molecule has 15 heavy (non-hydrogen) atoms. The summed E-state index contributed by atoms with van der Waals surface area (Å²) in [5.41, 5.74) is -0.494. The molecule has 2 amide bonds. The molecule has 2 heterocycles. The van der Waals surface area contributed by atoms with Crippen LogP contribution in [0.2, 0.25) is 0 Å². The maximum Gasteiger partial charge on any atom is 0.278 e. The van der Waals surface area contributed by atoms with E-state index in [1.807, 2.05) is 5.32 Å². The molecule has 78 valence electrons. The zero-order valence-electron chi connectivity index (χ0n) is 7.65. The Morgan fingerprint density at radius 2 is 2.27 bits per heavy atom. The lowest BCUT2D eigenvalue weighted by Crippen LogP contribution is -2.40. The van der Waals surface area contributed by atoms with Crippen LogP contribution < -0.4 is 10.1 Å². The first-order chi connectivity index (χ1) is 7.13. The molecule has 0 bridgehead atoms. The highest BCUT2D eigenvalue weighted by molar-refractivity contribution is 6.09. The number of hydrogen-bond acceptors (Lipinski definition) is 5. The highest BCUT2D eigenvalue weighted by Crippen LogP contribution is 2.24. The van der Waals surface area contributed by atoms with Crippen molar-refractivity contribution in [3.8, 4) is 5.88 Å². The predicted molar refractivity (Wildman–Crippen MR) is 44.9 cm³/mol. The second-order valence-electron chi connectivity index (χ2n) is 2.83. The van der Waals surface area contributed by atoms with Crippen LogP contribution in [0.5, 0.6) is 5.88 Å². The maximum atomic E-state index is 13.3. The molecule has 7 heteroatoms. The Morgan fingerprint density at radius 3 is 2.93 bits per heavy atom. The van der Waals surface area contributed by atoms with E-state index in [1.165, 1.54) is 13.3 Å². The topological polar surface area (TPSA) is 81.2 Å². The number of alkyl halides is 1. The van der Waals surface area contributed by atoms with Gasteiger partial charge in [-0.3, -0.25) is 14.9 Å². The van der Waals surface area contributed by atoms with Gasteiger partial charge < -0.3 is 4.74 Å². The van der Waals surface area contributed by atoms with Crippen LogP contribution in [0.3, 0.4) is 0 Å². The maximum absolute atomic E-state index is 13.3. The Morgan fingerprint density at radius 1 is 1.53 bits per heavy atom. The number of fused-ring (bicyclic) bond motifs is 1. The van der Waals surface area contributed by atoms with E-state index in [2.05, 4.69) is 9.97 Å². The van der Waals surface area contributed by atoms with E-state index < -0.39 is 18.0 Å². The van der Waals surface area contributed by atoms with Crippen LogP contribution in [0, 0.1) is 0 Å². The molecule has 1 unspecified atom stereocenters. The van der Waals surface area contributed by atoms with Crippen molar-refractivity contribution in [1.82, 2.24) is 15.3 Å². The largest absolute Gasteiger partial charge is 0.480 e. The van der Waals surface area contributed by atoms with E-state index in [9.17, 15) is 14.0 Å². The molecule has 0 radical (unpaired) electrons. The highest BCUT2D eigenvalue weighted by Gasteiger charge is 2.35. The zero-order valence-corrected chi connectivity index (χ0v) is 7.65. The number of nitrogens with zero attached hydrogens (tertiary/aromatic N) is 2. The molecular weight excluding hydrogens is 205 g/mol. The standard InChI is InChI=1S/C8H6FN3O3/c1-15-3-2-10-6-5(11-3)4(9)7(13)12-8(6)14/h2,4H,1H3,(H,12,13,14). The van der Waals surface area contributed by atoms with Gasteiger partial charge in [0.15, 0.2) is 5.69 Å².